The molecule has 4 rings (SSSR count). The number of hydrogen-bond donors (Lipinski definition) is 0. The normalized spacial score (nSPS) is 34.2. The second-order valence-corrected chi connectivity index (χ2v) is 8.00. The van der Waals surface area contributed by atoms with Gasteiger partial charge in [0.15, 0.2) is 24.0 Å². The number of rotatable bonds is 3. The van der Waals surface area contributed by atoms with Gasteiger partial charge in [0.25, 0.3) is 0 Å². The monoisotopic (exact) mass is 408 g/mol. The fourth-order valence-electron chi connectivity index (χ4n) is 3.80. The Hall–Kier alpha value is -2.04. The molecule has 0 radical (unpaired) electrons. The van der Waals surface area contributed by atoms with Gasteiger partial charge in [0.2, 0.25) is 0 Å². The Morgan fingerprint density at radius 2 is 1.52 bits per heavy atom. The number of benzene rings is 1. The standard InChI is InChI=1S/C20H24O9/c1-19(2)26-12-13(27-19)15-18(29-20(3,4)28-15)25-14(12)17(22)24-11-9-7-6-8-10(11)16(21)23-5/h6-9,12-15,18H,1-5H3/t12-,13-,14-,15-,18-/m1/s1. The van der Waals surface area contributed by atoms with Crippen LogP contribution in [0.5, 0.6) is 5.75 Å². The summed E-state index contributed by atoms with van der Waals surface area (Å²) in [7, 11) is 1.25. The van der Waals surface area contributed by atoms with Gasteiger partial charge in [-0.2, -0.15) is 0 Å². The van der Waals surface area contributed by atoms with E-state index in [1.165, 1.54) is 19.2 Å². The molecule has 3 heterocycles. The lowest BCUT2D eigenvalue weighted by Crippen LogP contribution is -2.58. The predicted molar refractivity (Wildman–Crippen MR) is 95.9 cm³/mol. The van der Waals surface area contributed by atoms with Gasteiger partial charge in [0, 0.05) is 0 Å². The summed E-state index contributed by atoms with van der Waals surface area (Å²) >= 11 is 0. The van der Waals surface area contributed by atoms with Crippen molar-refractivity contribution in [3.05, 3.63) is 29.8 Å². The molecule has 3 fully saturated rings. The van der Waals surface area contributed by atoms with E-state index in [1.54, 1.807) is 39.8 Å². The fraction of sp³-hybridized carbons (Fsp3) is 0.600. The highest BCUT2D eigenvalue weighted by Gasteiger charge is 2.62. The fourth-order valence-corrected chi connectivity index (χ4v) is 3.80. The summed E-state index contributed by atoms with van der Waals surface area (Å²) in [4.78, 5) is 25.0. The minimum atomic E-state index is -1.13. The van der Waals surface area contributed by atoms with Crippen LogP contribution < -0.4 is 4.74 Å². The smallest absolute Gasteiger partial charge is 0.343 e. The number of methoxy groups -OCH3 is 1. The van der Waals surface area contributed by atoms with Gasteiger partial charge in [0.1, 0.15) is 29.6 Å². The number of fused-ring (bicyclic) bond motifs is 3. The minimum Gasteiger partial charge on any atom is -0.465 e. The molecule has 0 N–H and O–H groups in total. The Kier molecular flexibility index (Phi) is 4.91. The molecular weight excluding hydrogens is 384 g/mol. The molecule has 9 nitrogen and oxygen atoms in total. The van der Waals surface area contributed by atoms with Crippen molar-refractivity contribution in [3.63, 3.8) is 0 Å². The molecule has 0 aliphatic carbocycles. The number of esters is 2. The zero-order valence-electron chi connectivity index (χ0n) is 16.9. The van der Waals surface area contributed by atoms with E-state index in [0.717, 1.165) is 0 Å². The molecule has 3 aliphatic rings. The van der Waals surface area contributed by atoms with Crippen molar-refractivity contribution in [1.29, 1.82) is 0 Å². The van der Waals surface area contributed by atoms with Gasteiger partial charge in [-0.05, 0) is 39.8 Å². The average molecular weight is 408 g/mol. The third-order valence-electron chi connectivity index (χ3n) is 4.89. The molecule has 1 aromatic rings. The maximum atomic E-state index is 13.0. The lowest BCUT2D eigenvalue weighted by atomic mass is 9.99. The topological polar surface area (TPSA) is 98.8 Å². The van der Waals surface area contributed by atoms with Crippen molar-refractivity contribution in [2.24, 2.45) is 0 Å². The highest BCUT2D eigenvalue weighted by atomic mass is 16.9. The second-order valence-electron chi connectivity index (χ2n) is 8.00. The van der Waals surface area contributed by atoms with E-state index < -0.39 is 54.2 Å². The van der Waals surface area contributed by atoms with Crippen LogP contribution in [-0.4, -0.2) is 61.3 Å². The Morgan fingerprint density at radius 1 is 0.897 bits per heavy atom. The molecule has 0 aromatic heterocycles. The molecule has 5 atom stereocenters. The molecule has 0 saturated carbocycles. The van der Waals surface area contributed by atoms with Crippen molar-refractivity contribution in [2.75, 3.05) is 7.11 Å². The van der Waals surface area contributed by atoms with E-state index in [2.05, 4.69) is 0 Å². The summed E-state index contributed by atoms with van der Waals surface area (Å²) in [5.74, 6) is -3.12. The lowest BCUT2D eigenvalue weighted by molar-refractivity contribution is -0.236. The average Bonchev–Trinajstić information content (AvgIpc) is 3.14. The van der Waals surface area contributed by atoms with Crippen LogP contribution in [0.4, 0.5) is 0 Å². The highest BCUT2D eigenvalue weighted by molar-refractivity contribution is 5.93. The van der Waals surface area contributed by atoms with Crippen LogP contribution in [0.3, 0.4) is 0 Å². The molecular formula is C20H24O9. The first-order valence-electron chi connectivity index (χ1n) is 9.36. The Labute approximate surface area is 168 Å². The van der Waals surface area contributed by atoms with Crippen LogP contribution in [0.1, 0.15) is 38.1 Å². The summed E-state index contributed by atoms with van der Waals surface area (Å²) in [6, 6.07) is 6.29. The molecule has 0 spiro atoms. The van der Waals surface area contributed by atoms with Crippen LogP contribution in [-0.2, 0) is 33.2 Å². The third kappa shape index (κ3) is 3.76. The van der Waals surface area contributed by atoms with Gasteiger partial charge in [-0.3, -0.25) is 0 Å². The van der Waals surface area contributed by atoms with Gasteiger partial charge in [-0.25, -0.2) is 9.59 Å². The molecule has 0 amide bonds. The number of para-hydroxylation sites is 1. The number of hydrogen-bond acceptors (Lipinski definition) is 9. The quantitative estimate of drug-likeness (QED) is 0.547. The van der Waals surface area contributed by atoms with Crippen molar-refractivity contribution < 1.29 is 42.7 Å². The molecule has 3 saturated heterocycles. The van der Waals surface area contributed by atoms with E-state index in [9.17, 15) is 9.59 Å². The van der Waals surface area contributed by atoms with Crippen LogP contribution in [0.25, 0.3) is 0 Å². The maximum Gasteiger partial charge on any atom is 0.343 e. The Bertz CT molecular complexity index is 818. The van der Waals surface area contributed by atoms with Gasteiger partial charge in [-0.1, -0.05) is 12.1 Å². The zero-order chi connectivity index (χ0) is 21.0. The zero-order valence-corrected chi connectivity index (χ0v) is 16.9. The SMILES string of the molecule is COC(=O)c1ccccc1OC(=O)[C@@H]1O[C@@H]2OC(C)(C)O[C@@H]2[C@@H]2OC(C)(C)O[C@H]21. The number of carbonyl (C=O) groups is 2. The van der Waals surface area contributed by atoms with Gasteiger partial charge in [-0.15, -0.1) is 0 Å². The third-order valence-corrected chi connectivity index (χ3v) is 4.89. The van der Waals surface area contributed by atoms with Crippen molar-refractivity contribution in [1.82, 2.24) is 0 Å². The first kappa shape index (κ1) is 20.2. The summed E-state index contributed by atoms with van der Waals surface area (Å²) in [6.07, 6.45) is -3.85. The van der Waals surface area contributed by atoms with Crippen LogP contribution in [0, 0.1) is 0 Å². The van der Waals surface area contributed by atoms with Crippen molar-refractivity contribution in [3.8, 4) is 5.75 Å². The molecule has 29 heavy (non-hydrogen) atoms. The lowest BCUT2D eigenvalue weighted by Gasteiger charge is -2.35. The molecule has 158 valence electrons. The second kappa shape index (κ2) is 7.03. The Balaban J connectivity index is 1.59. The molecule has 9 heteroatoms. The largest absolute Gasteiger partial charge is 0.465 e. The summed E-state index contributed by atoms with van der Waals surface area (Å²) < 4.78 is 39.7. The van der Waals surface area contributed by atoms with Gasteiger partial charge < -0.3 is 33.2 Å². The van der Waals surface area contributed by atoms with E-state index in [4.69, 9.17) is 33.2 Å². The molecule has 3 aliphatic heterocycles. The predicted octanol–water partition coefficient (Wildman–Crippen LogP) is 1.78. The first-order valence-corrected chi connectivity index (χ1v) is 9.36. The van der Waals surface area contributed by atoms with E-state index >= 15 is 0 Å². The number of carbonyl (C=O) groups excluding carboxylic acids is 2. The summed E-state index contributed by atoms with van der Waals surface area (Å²) in [5, 5.41) is 0. The maximum absolute atomic E-state index is 13.0. The molecule has 0 unspecified atom stereocenters. The first-order chi connectivity index (χ1) is 13.6. The summed E-state index contributed by atoms with van der Waals surface area (Å²) in [5.41, 5.74) is 0.124. The van der Waals surface area contributed by atoms with Crippen LogP contribution in [0.15, 0.2) is 24.3 Å². The molecule has 0 bridgehead atoms. The van der Waals surface area contributed by atoms with Gasteiger partial charge in [0.05, 0.1) is 7.11 Å². The highest BCUT2D eigenvalue weighted by Crippen LogP contribution is 2.44. The van der Waals surface area contributed by atoms with Crippen LogP contribution >= 0.6 is 0 Å². The van der Waals surface area contributed by atoms with E-state index in [1.807, 2.05) is 0 Å². The minimum absolute atomic E-state index is 0.0636. The van der Waals surface area contributed by atoms with E-state index in [0.29, 0.717) is 0 Å². The number of ether oxygens (including phenoxy) is 7. The molecule has 1 aromatic carbocycles. The van der Waals surface area contributed by atoms with Crippen molar-refractivity contribution >= 4 is 11.9 Å². The summed E-state index contributed by atoms with van der Waals surface area (Å²) in [6.45, 7) is 7.00. The van der Waals surface area contributed by atoms with E-state index in [-0.39, 0.29) is 11.3 Å². The Morgan fingerprint density at radius 3 is 2.24 bits per heavy atom. The van der Waals surface area contributed by atoms with Gasteiger partial charge >= 0.3 is 11.9 Å². The van der Waals surface area contributed by atoms with Crippen LogP contribution in [0.2, 0.25) is 0 Å². The van der Waals surface area contributed by atoms with Crippen molar-refractivity contribution in [2.45, 2.75) is 70.0 Å².